The van der Waals surface area contributed by atoms with E-state index in [9.17, 15) is 19.8 Å². The molecule has 5 rings (SSSR count). The van der Waals surface area contributed by atoms with Gasteiger partial charge in [-0.15, -0.1) is 0 Å². The zero-order valence-electron chi connectivity index (χ0n) is 18.7. The van der Waals surface area contributed by atoms with Crippen LogP contribution in [0.5, 0.6) is 0 Å². The molecular formula is C24H33BrO6. The quantitative estimate of drug-likeness (QED) is 0.570. The minimum absolute atomic E-state index is 0.0860. The van der Waals surface area contributed by atoms with Crippen LogP contribution < -0.4 is 0 Å². The van der Waals surface area contributed by atoms with E-state index in [2.05, 4.69) is 22.9 Å². The average molecular weight is 497 g/mol. The molecule has 31 heavy (non-hydrogen) atoms. The Morgan fingerprint density at radius 3 is 2.61 bits per heavy atom. The molecule has 172 valence electrons. The van der Waals surface area contributed by atoms with Crippen LogP contribution in [0.4, 0.5) is 0 Å². The van der Waals surface area contributed by atoms with Crippen LogP contribution in [0.1, 0.15) is 66.2 Å². The van der Waals surface area contributed by atoms with Crippen LogP contribution in [0, 0.1) is 22.7 Å². The Morgan fingerprint density at radius 1 is 1.23 bits per heavy atom. The first kappa shape index (κ1) is 22.2. The summed E-state index contributed by atoms with van der Waals surface area (Å²) in [7, 11) is 0. The van der Waals surface area contributed by atoms with Crippen molar-refractivity contribution in [2.45, 2.75) is 94.1 Å². The van der Waals surface area contributed by atoms with Crippen molar-refractivity contribution in [1.82, 2.24) is 0 Å². The Bertz CT molecular complexity index is 883. The second-order valence-electron chi connectivity index (χ2n) is 11.3. The summed E-state index contributed by atoms with van der Waals surface area (Å²) in [6.45, 7) is 7.23. The largest absolute Gasteiger partial charge is 0.392 e. The molecule has 7 heteroatoms. The number of ketones is 2. The number of ether oxygens (including phenoxy) is 2. The Balaban J connectivity index is 1.63. The van der Waals surface area contributed by atoms with E-state index in [1.54, 1.807) is 6.08 Å². The molecule has 5 aliphatic rings. The zero-order valence-corrected chi connectivity index (χ0v) is 20.3. The van der Waals surface area contributed by atoms with Crippen molar-refractivity contribution in [2.75, 3.05) is 6.61 Å². The number of Topliss-reactive ketones (excluding diaryl/α,β-unsaturated/α-hetero) is 1. The molecule has 1 heterocycles. The molecule has 1 saturated heterocycles. The SMILES string of the molecule is CC1(C)OC2CC3C4CCC5=CC(=O)CCC5(C)[C@@]4(Br)[C@@H](O)CC3(C)C2(C(=O)CO)O1. The summed E-state index contributed by atoms with van der Waals surface area (Å²) >= 11 is 4.07. The molecule has 1 aliphatic heterocycles. The highest BCUT2D eigenvalue weighted by atomic mass is 79.9. The molecule has 4 aliphatic carbocycles. The molecule has 0 aromatic carbocycles. The lowest BCUT2D eigenvalue weighted by atomic mass is 9.45. The van der Waals surface area contributed by atoms with E-state index in [0.29, 0.717) is 25.7 Å². The number of alkyl halides is 1. The summed E-state index contributed by atoms with van der Waals surface area (Å²) in [5, 5.41) is 21.6. The van der Waals surface area contributed by atoms with E-state index in [-0.39, 0.29) is 28.8 Å². The summed E-state index contributed by atoms with van der Waals surface area (Å²) in [5.74, 6) is -0.920. The number of carbonyl (C=O) groups excluding carboxylic acids is 2. The maximum atomic E-state index is 13.2. The van der Waals surface area contributed by atoms with Crippen LogP contribution in [0.2, 0.25) is 0 Å². The first-order valence-corrected chi connectivity index (χ1v) is 12.3. The van der Waals surface area contributed by atoms with Gasteiger partial charge in [-0.05, 0) is 63.9 Å². The first-order valence-electron chi connectivity index (χ1n) is 11.5. The zero-order chi connectivity index (χ0) is 22.6. The van der Waals surface area contributed by atoms with Gasteiger partial charge in [0.2, 0.25) is 0 Å². The summed E-state index contributed by atoms with van der Waals surface area (Å²) in [6.07, 6.45) is 4.51. The minimum atomic E-state index is -1.26. The fraction of sp³-hybridized carbons (Fsp3) is 0.833. The standard InChI is InChI=1S/C24H33BrO6/c1-20(2)30-19-10-16-15-6-5-13-9-14(27)7-8-21(13,3)23(15,25)17(28)11-22(16,4)24(19,31-20)18(29)12-26/h9,15-17,19,26,28H,5-8,10-12H2,1-4H3/t15?,16?,17-,19?,21?,22?,23-,24?/m0/s1. The topological polar surface area (TPSA) is 93.1 Å². The number of carbonyl (C=O) groups is 2. The van der Waals surface area contributed by atoms with Gasteiger partial charge < -0.3 is 19.7 Å². The second-order valence-corrected chi connectivity index (χ2v) is 12.6. The lowest BCUT2D eigenvalue weighted by Gasteiger charge is -2.65. The Morgan fingerprint density at radius 2 is 1.94 bits per heavy atom. The van der Waals surface area contributed by atoms with Crippen LogP contribution in [-0.4, -0.2) is 56.3 Å². The number of rotatable bonds is 2. The van der Waals surface area contributed by atoms with E-state index in [0.717, 1.165) is 18.4 Å². The number of halogens is 1. The Hall–Kier alpha value is -0.600. The third-order valence-electron chi connectivity index (χ3n) is 9.59. The van der Waals surface area contributed by atoms with Gasteiger partial charge in [-0.25, -0.2) is 0 Å². The molecule has 0 radical (unpaired) electrons. The van der Waals surface area contributed by atoms with E-state index >= 15 is 0 Å². The molecule has 0 aromatic heterocycles. The van der Waals surface area contributed by atoms with Gasteiger partial charge in [0.1, 0.15) is 6.61 Å². The predicted molar refractivity (Wildman–Crippen MR) is 117 cm³/mol. The lowest BCUT2D eigenvalue weighted by Crippen LogP contribution is -2.69. The van der Waals surface area contributed by atoms with Crippen molar-refractivity contribution in [3.05, 3.63) is 11.6 Å². The molecule has 0 amide bonds. The maximum Gasteiger partial charge on any atom is 0.193 e. The maximum absolute atomic E-state index is 13.2. The molecule has 2 N–H and O–H groups in total. The molecule has 0 spiro atoms. The summed E-state index contributed by atoms with van der Waals surface area (Å²) in [5.41, 5.74) is -1.11. The second kappa shape index (κ2) is 6.50. The number of allylic oxidation sites excluding steroid dienone is 1. The highest BCUT2D eigenvalue weighted by Gasteiger charge is 2.79. The monoisotopic (exact) mass is 496 g/mol. The molecule has 3 saturated carbocycles. The van der Waals surface area contributed by atoms with Gasteiger partial charge in [-0.1, -0.05) is 35.4 Å². The van der Waals surface area contributed by atoms with Crippen molar-refractivity contribution in [3.63, 3.8) is 0 Å². The third-order valence-corrected chi connectivity index (χ3v) is 11.6. The number of aliphatic hydroxyl groups excluding tert-OH is 2. The average Bonchev–Trinajstić information content (AvgIpc) is 3.09. The highest BCUT2D eigenvalue weighted by Crippen LogP contribution is 2.73. The van der Waals surface area contributed by atoms with Gasteiger partial charge in [-0.3, -0.25) is 9.59 Å². The molecule has 8 atom stereocenters. The fourth-order valence-electron chi connectivity index (χ4n) is 8.29. The third kappa shape index (κ3) is 2.48. The van der Waals surface area contributed by atoms with Gasteiger partial charge in [0.15, 0.2) is 23.0 Å². The van der Waals surface area contributed by atoms with Gasteiger partial charge in [-0.2, -0.15) is 0 Å². The van der Waals surface area contributed by atoms with Crippen LogP contribution >= 0.6 is 15.9 Å². The molecule has 0 aromatic rings. The number of hydrogen-bond donors (Lipinski definition) is 2. The van der Waals surface area contributed by atoms with Crippen molar-refractivity contribution in [3.8, 4) is 0 Å². The van der Waals surface area contributed by atoms with E-state index in [1.807, 2.05) is 20.8 Å². The predicted octanol–water partition coefficient (Wildman–Crippen LogP) is 3.07. The number of fused-ring (bicyclic) bond motifs is 7. The van der Waals surface area contributed by atoms with Crippen LogP contribution in [0.25, 0.3) is 0 Å². The number of hydrogen-bond acceptors (Lipinski definition) is 6. The first-order chi connectivity index (χ1) is 14.4. The van der Waals surface area contributed by atoms with E-state index in [1.165, 1.54) is 0 Å². The van der Waals surface area contributed by atoms with Gasteiger partial charge in [0.05, 0.1) is 16.5 Å². The fourth-order valence-corrected chi connectivity index (χ4v) is 9.45. The summed E-state index contributed by atoms with van der Waals surface area (Å²) in [4.78, 5) is 25.4. The van der Waals surface area contributed by atoms with Gasteiger partial charge >= 0.3 is 0 Å². The van der Waals surface area contributed by atoms with Gasteiger partial charge in [0.25, 0.3) is 0 Å². The Kier molecular flexibility index (Phi) is 4.66. The van der Waals surface area contributed by atoms with Crippen LogP contribution in [0.15, 0.2) is 11.6 Å². The molecular weight excluding hydrogens is 464 g/mol. The highest BCUT2D eigenvalue weighted by molar-refractivity contribution is 9.10. The molecule has 6 nitrogen and oxygen atoms in total. The number of aliphatic hydroxyl groups is 2. The Labute approximate surface area is 191 Å². The summed E-state index contributed by atoms with van der Waals surface area (Å²) in [6, 6.07) is 0. The molecule has 6 unspecified atom stereocenters. The van der Waals surface area contributed by atoms with E-state index in [4.69, 9.17) is 9.47 Å². The van der Waals surface area contributed by atoms with Crippen molar-refractivity contribution in [1.29, 1.82) is 0 Å². The van der Waals surface area contributed by atoms with Crippen LogP contribution in [-0.2, 0) is 19.1 Å². The molecule has 4 fully saturated rings. The molecule has 0 bridgehead atoms. The smallest absolute Gasteiger partial charge is 0.193 e. The van der Waals surface area contributed by atoms with Gasteiger partial charge in [0, 0.05) is 17.3 Å². The minimum Gasteiger partial charge on any atom is -0.392 e. The summed E-state index contributed by atoms with van der Waals surface area (Å²) < 4.78 is 12.0. The lowest BCUT2D eigenvalue weighted by molar-refractivity contribution is -0.222. The normalized spacial score (nSPS) is 52.6. The van der Waals surface area contributed by atoms with Crippen molar-refractivity contribution < 1.29 is 29.3 Å². The van der Waals surface area contributed by atoms with Crippen LogP contribution in [0.3, 0.4) is 0 Å². The van der Waals surface area contributed by atoms with Crippen molar-refractivity contribution in [2.24, 2.45) is 22.7 Å². The van der Waals surface area contributed by atoms with E-state index < -0.39 is 39.9 Å². The van der Waals surface area contributed by atoms with Crippen molar-refractivity contribution >= 4 is 27.5 Å².